The molecule has 0 atom stereocenters. The van der Waals surface area contributed by atoms with Gasteiger partial charge in [0.25, 0.3) is 5.56 Å². The number of hydrogen-bond donors (Lipinski definition) is 2. The molecule has 0 aliphatic rings. The van der Waals surface area contributed by atoms with Crippen LogP contribution in [0.3, 0.4) is 0 Å². The fourth-order valence-corrected chi connectivity index (χ4v) is 3.39. The molecule has 3 aromatic carbocycles. The van der Waals surface area contributed by atoms with Crippen LogP contribution in [0.15, 0.2) is 83.7 Å². The zero-order chi connectivity index (χ0) is 21.6. The first-order valence-corrected chi connectivity index (χ1v) is 10.2. The Labute approximate surface area is 180 Å². The molecular formula is C25H24N4O2. The predicted molar refractivity (Wildman–Crippen MR) is 123 cm³/mol. The number of carbonyl (C=O) groups is 1. The average Bonchev–Trinajstić information content (AvgIpc) is 2.79. The molecule has 6 nitrogen and oxygen atoms in total. The van der Waals surface area contributed by atoms with Gasteiger partial charge in [0, 0.05) is 12.2 Å². The van der Waals surface area contributed by atoms with Crippen molar-refractivity contribution in [1.29, 1.82) is 0 Å². The quantitative estimate of drug-likeness (QED) is 0.489. The van der Waals surface area contributed by atoms with Crippen LogP contribution in [0.5, 0.6) is 0 Å². The van der Waals surface area contributed by atoms with E-state index in [9.17, 15) is 9.59 Å². The molecule has 4 rings (SSSR count). The predicted octanol–water partition coefficient (Wildman–Crippen LogP) is 4.51. The minimum absolute atomic E-state index is 0.199. The van der Waals surface area contributed by atoms with Gasteiger partial charge in [0.05, 0.1) is 17.4 Å². The minimum Gasteiger partial charge on any atom is -0.317 e. The van der Waals surface area contributed by atoms with Crippen molar-refractivity contribution in [2.75, 3.05) is 11.9 Å². The fourth-order valence-electron chi connectivity index (χ4n) is 3.39. The Morgan fingerprint density at radius 2 is 1.68 bits per heavy atom. The second kappa shape index (κ2) is 9.26. The van der Waals surface area contributed by atoms with Gasteiger partial charge < -0.3 is 15.2 Å². The number of aromatic nitrogens is 2. The van der Waals surface area contributed by atoms with E-state index >= 15 is 0 Å². The van der Waals surface area contributed by atoms with E-state index in [1.165, 1.54) is 0 Å². The van der Waals surface area contributed by atoms with Crippen molar-refractivity contribution in [3.05, 3.63) is 106 Å². The summed E-state index contributed by atoms with van der Waals surface area (Å²) in [5.74, 6) is 0.454. The van der Waals surface area contributed by atoms with Crippen LogP contribution in [0.1, 0.15) is 17.0 Å². The number of aromatic amines is 1. The summed E-state index contributed by atoms with van der Waals surface area (Å²) in [6.07, 6.45) is 0.694. The standard InChI is InChI=1S/C25H24N4O2/c1-18-11-13-20(14-12-18)26-25(31)29(16-15-19-7-3-2-4-8-19)17-23-27-22-10-6-5-9-21(22)24(30)28-23/h2-14H,15-17H2,1H3,(H,26,31)(H,27,28,30). The van der Waals surface area contributed by atoms with Crippen molar-refractivity contribution in [3.63, 3.8) is 0 Å². The molecule has 0 saturated heterocycles. The number of urea groups is 1. The van der Waals surface area contributed by atoms with Crippen LogP contribution in [-0.4, -0.2) is 27.4 Å². The van der Waals surface area contributed by atoms with Crippen molar-refractivity contribution in [3.8, 4) is 0 Å². The van der Waals surface area contributed by atoms with E-state index in [2.05, 4.69) is 15.3 Å². The Morgan fingerprint density at radius 1 is 0.968 bits per heavy atom. The maximum Gasteiger partial charge on any atom is 0.322 e. The van der Waals surface area contributed by atoms with E-state index in [-0.39, 0.29) is 18.1 Å². The Kier molecular flexibility index (Phi) is 6.08. The number of hydrogen-bond acceptors (Lipinski definition) is 3. The maximum absolute atomic E-state index is 13.1. The number of nitrogens with zero attached hydrogens (tertiary/aromatic N) is 2. The van der Waals surface area contributed by atoms with Gasteiger partial charge in [-0.05, 0) is 43.2 Å². The molecule has 156 valence electrons. The second-order valence-corrected chi connectivity index (χ2v) is 7.48. The molecule has 0 aliphatic heterocycles. The van der Waals surface area contributed by atoms with Crippen molar-refractivity contribution in [2.45, 2.75) is 19.9 Å². The van der Waals surface area contributed by atoms with Gasteiger partial charge in [0.2, 0.25) is 0 Å². The zero-order valence-corrected chi connectivity index (χ0v) is 17.3. The SMILES string of the molecule is Cc1ccc(NC(=O)N(CCc2ccccc2)Cc2nc3ccccc3c(=O)[nH]2)cc1. The van der Waals surface area contributed by atoms with Gasteiger partial charge in [0.15, 0.2) is 0 Å². The number of H-pyrrole nitrogens is 1. The lowest BCUT2D eigenvalue weighted by atomic mass is 10.1. The van der Waals surface area contributed by atoms with Gasteiger partial charge in [-0.2, -0.15) is 0 Å². The van der Waals surface area contributed by atoms with E-state index in [1.54, 1.807) is 23.1 Å². The smallest absolute Gasteiger partial charge is 0.317 e. The van der Waals surface area contributed by atoms with E-state index in [0.717, 1.165) is 16.8 Å². The molecule has 6 heteroatoms. The van der Waals surface area contributed by atoms with E-state index in [1.807, 2.05) is 67.6 Å². The summed E-state index contributed by atoms with van der Waals surface area (Å²) in [6.45, 7) is 2.68. The minimum atomic E-state index is -0.240. The number of nitrogens with one attached hydrogen (secondary N) is 2. The Morgan fingerprint density at radius 3 is 2.45 bits per heavy atom. The van der Waals surface area contributed by atoms with Crippen molar-refractivity contribution in [2.24, 2.45) is 0 Å². The average molecular weight is 412 g/mol. The van der Waals surface area contributed by atoms with Crippen LogP contribution in [0.25, 0.3) is 10.9 Å². The molecule has 0 spiro atoms. The van der Waals surface area contributed by atoms with Gasteiger partial charge in [-0.25, -0.2) is 9.78 Å². The van der Waals surface area contributed by atoms with E-state index < -0.39 is 0 Å². The van der Waals surface area contributed by atoms with Gasteiger partial charge in [-0.3, -0.25) is 4.79 Å². The third kappa shape index (κ3) is 5.17. The summed E-state index contributed by atoms with van der Waals surface area (Å²) in [5.41, 5.74) is 3.39. The lowest BCUT2D eigenvalue weighted by molar-refractivity contribution is 0.208. The van der Waals surface area contributed by atoms with Gasteiger partial charge in [-0.1, -0.05) is 60.2 Å². The van der Waals surface area contributed by atoms with Crippen molar-refractivity contribution in [1.82, 2.24) is 14.9 Å². The van der Waals surface area contributed by atoms with E-state index in [0.29, 0.717) is 29.7 Å². The molecule has 0 saturated carbocycles. The summed E-state index contributed by atoms with van der Waals surface area (Å²) >= 11 is 0. The third-order valence-electron chi connectivity index (χ3n) is 5.11. The molecule has 0 radical (unpaired) electrons. The lowest BCUT2D eigenvalue weighted by Gasteiger charge is -2.23. The highest BCUT2D eigenvalue weighted by Crippen LogP contribution is 2.13. The number of fused-ring (bicyclic) bond motifs is 1. The van der Waals surface area contributed by atoms with Crippen LogP contribution in [0.2, 0.25) is 0 Å². The first kappa shape index (κ1) is 20.3. The fraction of sp³-hybridized carbons (Fsp3) is 0.160. The molecular weight excluding hydrogens is 388 g/mol. The van der Waals surface area contributed by atoms with Crippen molar-refractivity contribution < 1.29 is 4.79 Å². The second-order valence-electron chi connectivity index (χ2n) is 7.48. The molecule has 1 heterocycles. The number of anilines is 1. The lowest BCUT2D eigenvalue weighted by Crippen LogP contribution is -2.37. The molecule has 4 aromatic rings. The third-order valence-corrected chi connectivity index (χ3v) is 5.11. The normalized spacial score (nSPS) is 10.7. The largest absolute Gasteiger partial charge is 0.322 e. The van der Waals surface area contributed by atoms with Crippen LogP contribution in [0, 0.1) is 6.92 Å². The number of amides is 2. The zero-order valence-electron chi connectivity index (χ0n) is 17.3. The van der Waals surface area contributed by atoms with E-state index in [4.69, 9.17) is 0 Å². The molecule has 31 heavy (non-hydrogen) atoms. The first-order chi connectivity index (χ1) is 15.1. The molecule has 0 fully saturated rings. The molecule has 1 aromatic heterocycles. The van der Waals surface area contributed by atoms with Crippen LogP contribution >= 0.6 is 0 Å². The maximum atomic E-state index is 13.1. The molecule has 0 bridgehead atoms. The van der Waals surface area contributed by atoms with Gasteiger partial charge in [-0.15, -0.1) is 0 Å². The highest BCUT2D eigenvalue weighted by Gasteiger charge is 2.16. The molecule has 2 N–H and O–H groups in total. The number of rotatable bonds is 6. The molecule has 2 amide bonds. The summed E-state index contributed by atoms with van der Waals surface area (Å²) in [5, 5.41) is 3.48. The van der Waals surface area contributed by atoms with Gasteiger partial charge >= 0.3 is 6.03 Å². The molecule has 0 unspecified atom stereocenters. The summed E-state index contributed by atoms with van der Waals surface area (Å²) in [6, 6.07) is 24.6. The summed E-state index contributed by atoms with van der Waals surface area (Å²) in [4.78, 5) is 34.5. The summed E-state index contributed by atoms with van der Waals surface area (Å²) in [7, 11) is 0. The Hall–Kier alpha value is -3.93. The monoisotopic (exact) mass is 412 g/mol. The number of para-hydroxylation sites is 1. The number of aryl methyl sites for hydroxylation is 1. The van der Waals surface area contributed by atoms with Crippen LogP contribution < -0.4 is 10.9 Å². The highest BCUT2D eigenvalue weighted by atomic mass is 16.2. The number of benzene rings is 3. The highest BCUT2D eigenvalue weighted by molar-refractivity contribution is 5.89. The van der Waals surface area contributed by atoms with Crippen LogP contribution in [0.4, 0.5) is 10.5 Å². The van der Waals surface area contributed by atoms with Crippen LogP contribution in [-0.2, 0) is 13.0 Å². The number of carbonyl (C=O) groups excluding carboxylic acids is 1. The first-order valence-electron chi connectivity index (χ1n) is 10.2. The van der Waals surface area contributed by atoms with Crippen molar-refractivity contribution >= 4 is 22.6 Å². The topological polar surface area (TPSA) is 78.1 Å². The summed E-state index contributed by atoms with van der Waals surface area (Å²) < 4.78 is 0. The molecule has 0 aliphatic carbocycles. The van der Waals surface area contributed by atoms with Gasteiger partial charge in [0.1, 0.15) is 5.82 Å². The Balaban J connectivity index is 1.57. The Bertz CT molecular complexity index is 1230.